The normalized spacial score (nSPS) is 31.9. The van der Waals surface area contributed by atoms with E-state index in [-0.39, 0.29) is 29.7 Å². The van der Waals surface area contributed by atoms with E-state index in [2.05, 4.69) is 4.90 Å². The maximum atomic E-state index is 12.8. The van der Waals surface area contributed by atoms with Gasteiger partial charge in [-0.1, -0.05) is 6.07 Å². The van der Waals surface area contributed by atoms with E-state index in [1.165, 1.54) is 6.92 Å². The Kier molecular flexibility index (Phi) is 5.35. The Morgan fingerprint density at radius 3 is 2.77 bits per heavy atom. The smallest absolute Gasteiger partial charge is 0.352 e. The van der Waals surface area contributed by atoms with Gasteiger partial charge in [0.15, 0.2) is 23.7 Å². The minimum Gasteiger partial charge on any atom is -0.504 e. The molecule has 4 aliphatic rings. The SMILES string of the molecule is CC(OC(=O)C(N)CC(=O)O)C(=O)OC1=CC[C@@]2(O)[C@H]3Cc4ccc(O)c5c4[C@@]2(CCN3C)[C@H]1O5. The van der Waals surface area contributed by atoms with Crippen LogP contribution in [0.2, 0.25) is 0 Å². The van der Waals surface area contributed by atoms with Crippen molar-refractivity contribution in [1.82, 2.24) is 4.90 Å². The van der Waals surface area contributed by atoms with Gasteiger partial charge in [0.2, 0.25) is 0 Å². The van der Waals surface area contributed by atoms with E-state index < -0.39 is 53.6 Å². The number of benzene rings is 1. The summed E-state index contributed by atoms with van der Waals surface area (Å²) in [4.78, 5) is 37.7. The summed E-state index contributed by atoms with van der Waals surface area (Å²) in [5.74, 6) is -2.79. The van der Waals surface area contributed by atoms with Crippen LogP contribution in [0.3, 0.4) is 0 Å². The largest absolute Gasteiger partial charge is 0.504 e. The number of esters is 2. The Morgan fingerprint density at radius 2 is 2.06 bits per heavy atom. The maximum Gasteiger partial charge on any atom is 0.352 e. The number of phenolic OH excluding ortho intramolecular Hbond substituents is 1. The lowest BCUT2D eigenvalue weighted by Crippen LogP contribution is -2.74. The Bertz CT molecular complexity index is 1150. The number of hydrogen-bond donors (Lipinski definition) is 4. The number of carbonyl (C=O) groups excluding carboxylic acids is 2. The first-order chi connectivity index (χ1) is 16.5. The maximum absolute atomic E-state index is 12.8. The van der Waals surface area contributed by atoms with Gasteiger partial charge in [0.1, 0.15) is 11.8 Å². The third-order valence-electron chi connectivity index (χ3n) is 7.89. The Balaban J connectivity index is 1.43. The van der Waals surface area contributed by atoms with E-state index in [0.29, 0.717) is 19.4 Å². The monoisotopic (exact) mass is 488 g/mol. The minimum atomic E-state index is -1.42. The van der Waals surface area contributed by atoms with Gasteiger partial charge in [-0.05, 0) is 51.1 Å². The van der Waals surface area contributed by atoms with Crippen molar-refractivity contribution in [1.29, 1.82) is 0 Å². The number of piperidine rings is 1. The zero-order valence-corrected chi connectivity index (χ0v) is 19.4. The molecule has 1 fully saturated rings. The van der Waals surface area contributed by atoms with Crippen molar-refractivity contribution in [3.05, 3.63) is 35.1 Å². The molecule has 1 aromatic rings. The molecular formula is C24H28N2O9. The molecule has 2 aliphatic heterocycles. The summed E-state index contributed by atoms with van der Waals surface area (Å²) >= 11 is 0. The van der Waals surface area contributed by atoms with Crippen LogP contribution in [0.1, 0.15) is 37.3 Å². The molecule has 1 aromatic carbocycles. The van der Waals surface area contributed by atoms with Crippen LogP contribution in [-0.2, 0) is 35.7 Å². The highest BCUT2D eigenvalue weighted by atomic mass is 16.6. The quantitative estimate of drug-likeness (QED) is 0.396. The molecule has 0 radical (unpaired) electrons. The fourth-order valence-electron chi connectivity index (χ4n) is 6.22. The van der Waals surface area contributed by atoms with Gasteiger partial charge in [-0.25, -0.2) is 4.79 Å². The molecule has 0 amide bonds. The number of aliphatic hydroxyl groups is 1. The third-order valence-corrected chi connectivity index (χ3v) is 7.89. The van der Waals surface area contributed by atoms with E-state index in [4.69, 9.17) is 25.1 Å². The highest BCUT2D eigenvalue weighted by molar-refractivity contribution is 5.85. The number of phenols is 1. The average molecular weight is 488 g/mol. The molecule has 188 valence electrons. The molecule has 2 heterocycles. The molecule has 35 heavy (non-hydrogen) atoms. The highest BCUT2D eigenvalue weighted by Gasteiger charge is 2.72. The van der Waals surface area contributed by atoms with Gasteiger partial charge in [0.05, 0.1) is 17.4 Å². The van der Waals surface area contributed by atoms with Crippen LogP contribution < -0.4 is 10.5 Å². The molecule has 1 spiro atoms. The Morgan fingerprint density at radius 1 is 1.31 bits per heavy atom. The van der Waals surface area contributed by atoms with Gasteiger partial charge >= 0.3 is 17.9 Å². The van der Waals surface area contributed by atoms with Gasteiger partial charge in [0, 0.05) is 18.0 Å². The summed E-state index contributed by atoms with van der Waals surface area (Å²) in [5, 5.41) is 31.4. The minimum absolute atomic E-state index is 0.0485. The van der Waals surface area contributed by atoms with Crippen LogP contribution in [0.25, 0.3) is 0 Å². The summed E-state index contributed by atoms with van der Waals surface area (Å²) in [7, 11) is 1.97. The zero-order valence-electron chi connectivity index (χ0n) is 19.4. The second-order valence-electron chi connectivity index (χ2n) is 9.81. The van der Waals surface area contributed by atoms with E-state index in [0.717, 1.165) is 11.1 Å². The van der Waals surface area contributed by atoms with Crippen LogP contribution in [-0.4, -0.2) is 81.6 Å². The van der Waals surface area contributed by atoms with E-state index in [1.54, 1.807) is 12.1 Å². The first-order valence-electron chi connectivity index (χ1n) is 11.5. The standard InChI is InChI=1S/C24H28N2O9/c1-11(33-22(31)13(25)10-17(28)29)21(30)34-15-5-6-24(32)16-9-12-3-4-14(27)19-18(12)23(24,20(15)35-19)7-8-26(16)2/h3-5,11,13,16,20,27,32H,6-10,25H2,1-2H3,(H,28,29)/t11?,13?,16-,20+,23+,24-/m1/s1. The topological polar surface area (TPSA) is 169 Å². The number of nitrogens with zero attached hydrogens (tertiary/aromatic N) is 1. The number of likely N-dealkylation sites (tertiary alicyclic amines) is 1. The number of rotatable bonds is 6. The fourth-order valence-corrected chi connectivity index (χ4v) is 6.22. The van der Waals surface area contributed by atoms with Crippen molar-refractivity contribution in [2.75, 3.05) is 13.6 Å². The first kappa shape index (κ1) is 23.6. The summed E-state index contributed by atoms with van der Waals surface area (Å²) in [6.45, 7) is 1.98. The van der Waals surface area contributed by atoms with E-state index >= 15 is 0 Å². The number of aliphatic carboxylic acids is 1. The predicted molar refractivity (Wildman–Crippen MR) is 118 cm³/mol. The number of carbonyl (C=O) groups is 3. The number of aromatic hydroxyl groups is 1. The van der Waals surface area contributed by atoms with Gasteiger partial charge in [-0.2, -0.15) is 0 Å². The molecule has 5 rings (SSSR count). The van der Waals surface area contributed by atoms with Crippen molar-refractivity contribution < 1.29 is 43.9 Å². The highest BCUT2D eigenvalue weighted by Crippen LogP contribution is 2.65. The summed E-state index contributed by atoms with van der Waals surface area (Å²) < 4.78 is 16.8. The number of carboxylic acids is 1. The molecule has 5 N–H and O–H groups in total. The van der Waals surface area contributed by atoms with Crippen LogP contribution in [0.5, 0.6) is 11.5 Å². The lowest BCUT2D eigenvalue weighted by Gasteiger charge is -2.61. The summed E-state index contributed by atoms with van der Waals surface area (Å²) in [6, 6.07) is 1.81. The first-order valence-corrected chi connectivity index (χ1v) is 11.5. The summed E-state index contributed by atoms with van der Waals surface area (Å²) in [6.07, 6.45) is 0.0885. The van der Waals surface area contributed by atoms with E-state index in [9.17, 15) is 24.6 Å². The van der Waals surface area contributed by atoms with Crippen molar-refractivity contribution in [3.63, 3.8) is 0 Å². The molecule has 2 bridgehead atoms. The summed E-state index contributed by atoms with van der Waals surface area (Å²) in [5.41, 5.74) is 5.12. The van der Waals surface area contributed by atoms with Crippen LogP contribution >= 0.6 is 0 Å². The predicted octanol–water partition coefficient (Wildman–Crippen LogP) is -0.0532. The molecule has 0 aromatic heterocycles. The van der Waals surface area contributed by atoms with Crippen LogP contribution in [0.4, 0.5) is 0 Å². The van der Waals surface area contributed by atoms with Gasteiger partial charge in [0.25, 0.3) is 0 Å². The molecule has 11 heteroatoms. The lowest BCUT2D eigenvalue weighted by atomic mass is 9.50. The number of nitrogens with two attached hydrogens (primary N) is 1. The second kappa shape index (κ2) is 7.94. The Hall–Kier alpha value is -3.15. The van der Waals surface area contributed by atoms with Gasteiger partial charge in [-0.15, -0.1) is 0 Å². The van der Waals surface area contributed by atoms with Gasteiger partial charge < -0.3 is 40.2 Å². The lowest BCUT2D eigenvalue weighted by molar-refractivity contribution is -0.176. The third kappa shape index (κ3) is 3.25. The number of carboxylic acid groups (broad SMARTS) is 1. The van der Waals surface area contributed by atoms with Crippen molar-refractivity contribution in [3.8, 4) is 11.5 Å². The number of hydrogen-bond acceptors (Lipinski definition) is 10. The second-order valence-corrected chi connectivity index (χ2v) is 9.81. The number of likely N-dealkylation sites (N-methyl/N-ethyl adjacent to an activating group) is 1. The fraction of sp³-hybridized carbons (Fsp3) is 0.542. The number of ether oxygens (including phenoxy) is 3. The molecule has 0 saturated carbocycles. The molecule has 6 atom stereocenters. The van der Waals surface area contributed by atoms with Crippen molar-refractivity contribution >= 4 is 17.9 Å². The molecule has 2 aliphatic carbocycles. The molecular weight excluding hydrogens is 460 g/mol. The van der Waals surface area contributed by atoms with Crippen LogP contribution in [0.15, 0.2) is 24.0 Å². The van der Waals surface area contributed by atoms with Crippen molar-refractivity contribution in [2.45, 2.75) is 67.9 Å². The zero-order chi connectivity index (χ0) is 25.3. The van der Waals surface area contributed by atoms with Crippen molar-refractivity contribution in [2.24, 2.45) is 5.73 Å². The molecule has 1 saturated heterocycles. The van der Waals surface area contributed by atoms with Crippen LogP contribution in [0, 0.1) is 0 Å². The molecule has 2 unspecified atom stereocenters. The Labute approximate surface area is 201 Å². The van der Waals surface area contributed by atoms with Gasteiger partial charge in [-0.3, -0.25) is 9.59 Å². The molecule has 11 nitrogen and oxygen atoms in total. The average Bonchev–Trinajstić information content (AvgIpc) is 3.15. The van der Waals surface area contributed by atoms with E-state index in [1.807, 2.05) is 13.1 Å².